The van der Waals surface area contributed by atoms with Gasteiger partial charge in [0.1, 0.15) is 0 Å². The van der Waals surface area contributed by atoms with Gasteiger partial charge in [0.05, 0.1) is 22.2 Å². The van der Waals surface area contributed by atoms with Crippen molar-refractivity contribution in [2.45, 2.75) is 4.90 Å². The quantitative estimate of drug-likeness (QED) is 0.656. The lowest BCUT2D eigenvalue weighted by Crippen LogP contribution is -2.07. The molecule has 0 aliphatic heterocycles. The number of benzene rings is 2. The van der Waals surface area contributed by atoms with Gasteiger partial charge in [-0.1, -0.05) is 17.4 Å². The van der Waals surface area contributed by atoms with Crippen molar-refractivity contribution < 1.29 is 22.3 Å². The molecule has 27 heavy (non-hydrogen) atoms. The maximum absolute atomic E-state index is 13.6. The Morgan fingerprint density at radius 1 is 1.26 bits per heavy atom. The Labute approximate surface area is 159 Å². The molecular formula is C18H15FN2O4S2. The highest BCUT2D eigenvalue weighted by Crippen LogP contribution is 2.28. The minimum Gasteiger partial charge on any atom is -0.494 e. The Morgan fingerprint density at radius 2 is 2.04 bits per heavy atom. The number of amides is 1. The summed E-state index contributed by atoms with van der Waals surface area (Å²) in [7, 11) is -1.94. The normalized spacial score (nSPS) is 11.8. The fraction of sp³-hybridized carbons (Fsp3) is 0.111. The number of thiazole rings is 1. The van der Waals surface area contributed by atoms with E-state index in [1.54, 1.807) is 12.1 Å². The maximum Gasteiger partial charge on any atom is 0.250 e. The van der Waals surface area contributed by atoms with Gasteiger partial charge < -0.3 is 4.74 Å². The Hall–Kier alpha value is -2.78. The van der Waals surface area contributed by atoms with Crippen LogP contribution >= 0.6 is 11.3 Å². The average molecular weight is 406 g/mol. The van der Waals surface area contributed by atoms with Crippen LogP contribution in [0.2, 0.25) is 0 Å². The van der Waals surface area contributed by atoms with Gasteiger partial charge in [0.25, 0.3) is 0 Å². The van der Waals surface area contributed by atoms with Crippen LogP contribution in [0, 0.1) is 5.82 Å². The highest BCUT2D eigenvalue weighted by atomic mass is 32.2. The van der Waals surface area contributed by atoms with Gasteiger partial charge in [0.2, 0.25) is 5.91 Å². The second-order valence-corrected chi connectivity index (χ2v) is 8.68. The van der Waals surface area contributed by atoms with Crippen molar-refractivity contribution in [2.24, 2.45) is 0 Å². The van der Waals surface area contributed by atoms with Crippen molar-refractivity contribution >= 4 is 48.5 Å². The molecule has 0 unspecified atom stereocenters. The summed E-state index contributed by atoms with van der Waals surface area (Å²) >= 11 is 1.17. The number of carbonyl (C=O) groups excluding carboxylic acids is 1. The van der Waals surface area contributed by atoms with E-state index in [0.717, 1.165) is 6.26 Å². The minimum atomic E-state index is -3.32. The van der Waals surface area contributed by atoms with E-state index in [9.17, 15) is 17.6 Å². The molecule has 0 fully saturated rings. The summed E-state index contributed by atoms with van der Waals surface area (Å²) in [6.45, 7) is 0. The first-order valence-corrected chi connectivity index (χ1v) is 10.4. The number of methoxy groups -OCH3 is 1. The number of anilines is 1. The van der Waals surface area contributed by atoms with E-state index in [-0.39, 0.29) is 10.6 Å². The van der Waals surface area contributed by atoms with Crippen LogP contribution in [-0.2, 0) is 14.6 Å². The molecule has 9 heteroatoms. The molecule has 1 amide bonds. The molecule has 1 aromatic heterocycles. The van der Waals surface area contributed by atoms with Gasteiger partial charge in [-0.05, 0) is 42.0 Å². The molecule has 140 valence electrons. The summed E-state index contributed by atoms with van der Waals surface area (Å²) in [5, 5.41) is 2.95. The zero-order valence-electron chi connectivity index (χ0n) is 14.4. The van der Waals surface area contributed by atoms with E-state index >= 15 is 0 Å². The molecule has 0 aliphatic carbocycles. The zero-order chi connectivity index (χ0) is 19.6. The average Bonchev–Trinajstić information content (AvgIpc) is 3.00. The number of ether oxygens (including phenoxy) is 1. The van der Waals surface area contributed by atoms with Gasteiger partial charge in [-0.3, -0.25) is 10.1 Å². The van der Waals surface area contributed by atoms with Gasteiger partial charge >= 0.3 is 0 Å². The third-order valence-electron chi connectivity index (χ3n) is 3.62. The van der Waals surface area contributed by atoms with E-state index in [0.29, 0.717) is 20.9 Å². The third-order valence-corrected chi connectivity index (χ3v) is 5.67. The number of aromatic nitrogens is 1. The van der Waals surface area contributed by atoms with Gasteiger partial charge in [0.15, 0.2) is 26.5 Å². The van der Waals surface area contributed by atoms with Crippen molar-refractivity contribution in [2.75, 3.05) is 18.7 Å². The third kappa shape index (κ3) is 4.50. The number of sulfone groups is 1. The molecule has 3 aromatic rings. The maximum atomic E-state index is 13.6. The van der Waals surface area contributed by atoms with Crippen molar-refractivity contribution in [3.8, 4) is 5.75 Å². The number of rotatable bonds is 5. The Kier molecular flexibility index (Phi) is 5.24. The van der Waals surface area contributed by atoms with Gasteiger partial charge in [0, 0.05) is 12.3 Å². The molecule has 0 saturated heterocycles. The fourth-order valence-electron chi connectivity index (χ4n) is 2.29. The number of carbonyl (C=O) groups is 1. The minimum absolute atomic E-state index is 0.125. The number of nitrogens with zero attached hydrogens (tertiary/aromatic N) is 1. The van der Waals surface area contributed by atoms with E-state index in [1.165, 1.54) is 54.9 Å². The van der Waals surface area contributed by atoms with E-state index in [1.807, 2.05) is 0 Å². The Bertz CT molecular complexity index is 1150. The monoisotopic (exact) mass is 406 g/mol. The zero-order valence-corrected chi connectivity index (χ0v) is 16.0. The van der Waals surface area contributed by atoms with Gasteiger partial charge in [-0.2, -0.15) is 0 Å². The lowest BCUT2D eigenvalue weighted by Gasteiger charge is -2.01. The number of hydrogen-bond donors (Lipinski definition) is 1. The van der Waals surface area contributed by atoms with Crippen LogP contribution in [0.25, 0.3) is 16.3 Å². The summed E-state index contributed by atoms with van der Waals surface area (Å²) in [5.74, 6) is -0.832. The van der Waals surface area contributed by atoms with E-state index < -0.39 is 21.6 Å². The molecule has 0 saturated carbocycles. The largest absolute Gasteiger partial charge is 0.494 e. The molecule has 1 N–H and O–H groups in total. The highest BCUT2D eigenvalue weighted by molar-refractivity contribution is 7.90. The van der Waals surface area contributed by atoms with Crippen molar-refractivity contribution in [3.63, 3.8) is 0 Å². The van der Waals surface area contributed by atoms with Crippen LogP contribution in [-0.4, -0.2) is 32.7 Å². The molecule has 0 aliphatic rings. The topological polar surface area (TPSA) is 85.4 Å². The van der Waals surface area contributed by atoms with Crippen LogP contribution < -0.4 is 10.1 Å². The molecule has 0 radical (unpaired) electrons. The lowest BCUT2D eigenvalue weighted by molar-refractivity contribution is -0.111. The molecule has 6 nitrogen and oxygen atoms in total. The summed E-state index contributed by atoms with van der Waals surface area (Å²) in [4.78, 5) is 16.5. The van der Waals surface area contributed by atoms with Crippen molar-refractivity contribution in [3.05, 3.63) is 53.9 Å². The van der Waals surface area contributed by atoms with Crippen LogP contribution in [0.3, 0.4) is 0 Å². The number of halogens is 1. The van der Waals surface area contributed by atoms with E-state index in [4.69, 9.17) is 4.74 Å². The Balaban J connectivity index is 1.74. The number of fused-ring (bicyclic) bond motifs is 1. The lowest BCUT2D eigenvalue weighted by atomic mass is 10.2. The molecule has 1 heterocycles. The smallest absolute Gasteiger partial charge is 0.250 e. The first kappa shape index (κ1) is 19.0. The molecule has 0 bridgehead atoms. The number of hydrogen-bond acceptors (Lipinski definition) is 6. The van der Waals surface area contributed by atoms with Crippen LogP contribution in [0.4, 0.5) is 9.52 Å². The predicted octanol–water partition coefficient (Wildman–Crippen LogP) is 3.50. The SMILES string of the molecule is COc1ccc(/C=C/C(=O)Nc2nc3ccc(S(C)(=O)=O)cc3s2)cc1F. The second kappa shape index (κ2) is 7.45. The first-order chi connectivity index (χ1) is 12.8. The molecule has 0 spiro atoms. The summed E-state index contributed by atoms with van der Waals surface area (Å²) in [6, 6.07) is 8.94. The summed E-state index contributed by atoms with van der Waals surface area (Å²) < 4.78 is 42.4. The molecule has 3 rings (SSSR count). The molecular weight excluding hydrogens is 391 g/mol. The first-order valence-electron chi connectivity index (χ1n) is 7.69. The Morgan fingerprint density at radius 3 is 2.70 bits per heavy atom. The summed E-state index contributed by atoms with van der Waals surface area (Å²) in [6.07, 6.45) is 3.85. The van der Waals surface area contributed by atoms with Crippen molar-refractivity contribution in [1.82, 2.24) is 4.98 Å². The standard InChI is InChI=1S/C18H15FN2O4S2/c1-25-15-7-3-11(9-13(15)19)4-8-17(22)21-18-20-14-6-5-12(27(2,23)24)10-16(14)26-18/h3-10H,1-2H3,(H,20,21,22)/b8-4+. The van der Waals surface area contributed by atoms with Crippen LogP contribution in [0.1, 0.15) is 5.56 Å². The van der Waals surface area contributed by atoms with Crippen molar-refractivity contribution in [1.29, 1.82) is 0 Å². The van der Waals surface area contributed by atoms with Crippen LogP contribution in [0.5, 0.6) is 5.75 Å². The fourth-order valence-corrected chi connectivity index (χ4v) is 3.92. The summed E-state index contributed by atoms with van der Waals surface area (Å²) in [5.41, 5.74) is 1.09. The van der Waals surface area contributed by atoms with E-state index in [2.05, 4.69) is 10.3 Å². The van der Waals surface area contributed by atoms with Gasteiger partial charge in [-0.25, -0.2) is 17.8 Å². The van der Waals surface area contributed by atoms with Gasteiger partial charge in [-0.15, -0.1) is 0 Å². The highest BCUT2D eigenvalue weighted by Gasteiger charge is 2.11. The molecule has 2 aromatic carbocycles. The second-order valence-electron chi connectivity index (χ2n) is 5.64. The van der Waals surface area contributed by atoms with Crippen LogP contribution in [0.15, 0.2) is 47.4 Å². The molecule has 0 atom stereocenters. The number of nitrogens with one attached hydrogen (secondary N) is 1. The predicted molar refractivity (Wildman–Crippen MR) is 103 cm³/mol.